The summed E-state index contributed by atoms with van der Waals surface area (Å²) in [4.78, 5) is 2.32. The molecule has 0 radical (unpaired) electrons. The van der Waals surface area contributed by atoms with E-state index in [0.717, 1.165) is 5.78 Å². The molecule has 0 aromatic heterocycles. The second kappa shape index (κ2) is 9.10. The van der Waals surface area contributed by atoms with Crippen LogP contribution in [0.4, 0.5) is 0 Å². The first kappa shape index (κ1) is 22.3. The zero-order valence-electron chi connectivity index (χ0n) is 14.1. The van der Waals surface area contributed by atoms with Crippen molar-refractivity contribution < 1.29 is 62.8 Å². The van der Waals surface area contributed by atoms with Crippen LogP contribution in [0.1, 0.15) is 62.3 Å². The molecular weight excluding hydrogens is 315 g/mol. The molecule has 0 spiro atoms. The van der Waals surface area contributed by atoms with Crippen LogP contribution in [0.15, 0.2) is 0 Å². The summed E-state index contributed by atoms with van der Waals surface area (Å²) in [5.74, 6) is 1.10. The third-order valence-electron chi connectivity index (χ3n) is 3.53. The minimum atomic E-state index is -2.28. The quantitative estimate of drug-likeness (QED) is 0.540. The fourth-order valence-electron chi connectivity index (χ4n) is 2.87. The van der Waals surface area contributed by atoms with Crippen molar-refractivity contribution in [3.63, 3.8) is 0 Å². The van der Waals surface area contributed by atoms with E-state index >= 15 is 0 Å². The predicted molar refractivity (Wildman–Crippen MR) is 78.9 cm³/mol. The van der Waals surface area contributed by atoms with Crippen LogP contribution < -0.4 is 58.2 Å². The summed E-state index contributed by atoms with van der Waals surface area (Å²) in [6.45, 7) is 19.1. The van der Waals surface area contributed by atoms with Crippen molar-refractivity contribution in [2.45, 2.75) is 85.7 Å². The van der Waals surface area contributed by atoms with E-state index in [2.05, 4.69) is 67.2 Å². The average molecular weight is 346 g/mol. The Labute approximate surface area is 164 Å². The Balaban J connectivity index is 0. The van der Waals surface area contributed by atoms with Crippen LogP contribution in [-0.2, 0) is 4.57 Å². The van der Waals surface area contributed by atoms with Gasteiger partial charge in [-0.15, -0.1) is 0 Å². The molecule has 0 saturated heterocycles. The number of nitrogens with zero attached hydrogens (tertiary/aromatic N) is 1. The van der Waals surface area contributed by atoms with E-state index in [9.17, 15) is 4.57 Å². The topological polar surface area (TPSA) is 20.3 Å². The molecule has 0 rings (SSSR count). The van der Waals surface area contributed by atoms with Crippen LogP contribution in [0.25, 0.3) is 0 Å². The van der Waals surface area contributed by atoms with Gasteiger partial charge in [-0.1, -0.05) is 55.4 Å². The van der Waals surface area contributed by atoms with Crippen molar-refractivity contribution in [2.24, 2.45) is 0 Å². The van der Waals surface area contributed by atoms with Gasteiger partial charge in [0.05, 0.1) is 0 Å². The SMILES string of the molecule is C[C-](N(C(C)C)C(C)C)P(=O)(C(C)C)C(C)C.[Rb+]. The molecule has 0 fully saturated rings. The first-order valence-corrected chi connectivity index (χ1v) is 8.63. The van der Waals surface area contributed by atoms with Crippen molar-refractivity contribution in [3.8, 4) is 0 Å². The van der Waals surface area contributed by atoms with Crippen LogP contribution in [0.3, 0.4) is 0 Å². The molecule has 0 N–H and O–H groups in total. The van der Waals surface area contributed by atoms with E-state index < -0.39 is 7.14 Å². The molecule has 2 nitrogen and oxygen atoms in total. The fourth-order valence-corrected chi connectivity index (χ4v) is 6.38. The van der Waals surface area contributed by atoms with E-state index in [-0.39, 0.29) is 69.5 Å². The van der Waals surface area contributed by atoms with Gasteiger partial charge in [-0.3, -0.25) is 0 Å². The van der Waals surface area contributed by atoms with Crippen molar-refractivity contribution in [3.05, 3.63) is 5.78 Å². The maximum absolute atomic E-state index is 13.3. The van der Waals surface area contributed by atoms with Crippen molar-refractivity contribution in [1.29, 1.82) is 0 Å². The van der Waals surface area contributed by atoms with E-state index in [0.29, 0.717) is 12.1 Å². The summed E-state index contributed by atoms with van der Waals surface area (Å²) in [6.07, 6.45) is 0. The normalized spacial score (nSPS) is 13.3. The summed E-state index contributed by atoms with van der Waals surface area (Å²) >= 11 is 0. The van der Waals surface area contributed by atoms with Gasteiger partial charge < -0.3 is 9.46 Å². The summed E-state index contributed by atoms with van der Waals surface area (Å²) in [5.41, 5.74) is 0.449. The molecule has 4 heteroatoms. The summed E-state index contributed by atoms with van der Waals surface area (Å²) < 4.78 is 13.3. The van der Waals surface area contributed by atoms with Gasteiger partial charge in [-0.25, -0.2) is 0 Å². The molecule has 104 valence electrons. The first-order valence-electron chi connectivity index (χ1n) is 6.78. The Morgan fingerprint density at radius 2 is 1.11 bits per heavy atom. The molecule has 0 unspecified atom stereocenters. The molecule has 0 atom stereocenters. The van der Waals surface area contributed by atoms with Gasteiger partial charge in [-0.2, -0.15) is 12.7 Å². The number of hydrogen-bond acceptors (Lipinski definition) is 2. The molecule has 0 heterocycles. The van der Waals surface area contributed by atoms with Crippen LogP contribution in [0, 0.1) is 5.78 Å². The zero-order valence-corrected chi connectivity index (χ0v) is 19.9. The molecule has 0 aliphatic heterocycles. The second-order valence-corrected chi connectivity index (χ2v) is 10.2. The summed E-state index contributed by atoms with van der Waals surface area (Å²) in [6, 6.07) is 0.807. The van der Waals surface area contributed by atoms with Crippen molar-refractivity contribution in [2.75, 3.05) is 0 Å². The summed E-state index contributed by atoms with van der Waals surface area (Å²) in [5, 5.41) is 0. The smallest absolute Gasteiger partial charge is 0.442 e. The zero-order chi connectivity index (χ0) is 14.0. The minimum Gasteiger partial charge on any atom is -0.442 e. The van der Waals surface area contributed by atoms with Gasteiger partial charge >= 0.3 is 58.2 Å². The molecule has 0 aliphatic rings. The molecule has 0 aromatic rings. The van der Waals surface area contributed by atoms with Gasteiger partial charge in [0.15, 0.2) is 0 Å². The molecular formula is C14H31NOPRb. The standard InChI is InChI=1S/C14H31NOP.Rb/c1-10(2)15(11(3)4)14(9)17(16,12(5)6)13(7)8;/h10-13H,1-9H3;/q-1;+1. The van der Waals surface area contributed by atoms with Gasteiger partial charge in [0.25, 0.3) is 0 Å². The van der Waals surface area contributed by atoms with Crippen LogP contribution >= 0.6 is 7.14 Å². The Kier molecular flexibility index (Phi) is 11.3. The Bertz CT molecular complexity index is 257. The predicted octanol–water partition coefficient (Wildman–Crippen LogP) is 1.80. The molecule has 0 amide bonds. The Morgan fingerprint density at radius 1 is 0.833 bits per heavy atom. The second-order valence-electron chi connectivity index (χ2n) is 6.04. The number of hydrogen-bond donors (Lipinski definition) is 0. The molecule has 0 bridgehead atoms. The van der Waals surface area contributed by atoms with Crippen LogP contribution in [-0.4, -0.2) is 28.3 Å². The minimum absolute atomic E-state index is 0. The maximum atomic E-state index is 13.3. The third kappa shape index (κ3) is 5.08. The fraction of sp³-hybridized carbons (Fsp3) is 0.929. The van der Waals surface area contributed by atoms with Crippen molar-refractivity contribution >= 4 is 7.14 Å². The largest absolute Gasteiger partial charge is 1.00 e. The first-order chi connectivity index (χ1) is 7.56. The Hall–Kier alpha value is 2.00. The van der Waals surface area contributed by atoms with Gasteiger partial charge in [-0.05, 0) is 30.5 Å². The molecule has 0 saturated carbocycles. The average Bonchev–Trinajstić information content (AvgIpc) is 2.14. The molecule has 0 aromatic carbocycles. The summed E-state index contributed by atoms with van der Waals surface area (Å²) in [7, 11) is -2.28. The van der Waals surface area contributed by atoms with Crippen molar-refractivity contribution in [1.82, 2.24) is 4.90 Å². The third-order valence-corrected chi connectivity index (χ3v) is 7.84. The van der Waals surface area contributed by atoms with E-state index in [1.54, 1.807) is 0 Å². The Morgan fingerprint density at radius 3 is 1.28 bits per heavy atom. The van der Waals surface area contributed by atoms with Gasteiger partial charge in [0.2, 0.25) is 0 Å². The van der Waals surface area contributed by atoms with Crippen LogP contribution in [0.5, 0.6) is 0 Å². The molecule has 18 heavy (non-hydrogen) atoms. The molecule has 0 aliphatic carbocycles. The van der Waals surface area contributed by atoms with Gasteiger partial charge in [0, 0.05) is 0 Å². The monoisotopic (exact) mass is 345 g/mol. The van der Waals surface area contributed by atoms with Crippen LogP contribution in [0.2, 0.25) is 0 Å². The van der Waals surface area contributed by atoms with E-state index in [4.69, 9.17) is 0 Å². The van der Waals surface area contributed by atoms with Gasteiger partial charge in [0.1, 0.15) is 0 Å². The van der Waals surface area contributed by atoms with E-state index in [1.165, 1.54) is 0 Å². The van der Waals surface area contributed by atoms with E-state index in [1.807, 2.05) is 0 Å². The number of rotatable bonds is 6. The maximum Gasteiger partial charge on any atom is 1.00 e.